The van der Waals surface area contributed by atoms with Gasteiger partial charge in [-0.1, -0.05) is 6.07 Å². The molecule has 0 atom stereocenters. The molecule has 98 valence electrons. The van der Waals surface area contributed by atoms with Crippen LogP contribution in [0, 0.1) is 14.9 Å². The summed E-state index contributed by atoms with van der Waals surface area (Å²) in [6.45, 7) is 0. The van der Waals surface area contributed by atoms with Crippen molar-refractivity contribution in [3.63, 3.8) is 0 Å². The van der Waals surface area contributed by atoms with Crippen LogP contribution in [0.15, 0.2) is 42.5 Å². The van der Waals surface area contributed by atoms with Gasteiger partial charge in [0.2, 0.25) is 0 Å². The van der Waals surface area contributed by atoms with Crippen molar-refractivity contribution in [1.82, 2.24) is 9.55 Å². The minimum atomic E-state index is 0.321. The highest BCUT2D eigenvalue weighted by atomic mass is 127. The van der Waals surface area contributed by atoms with Crippen molar-refractivity contribution in [3.8, 4) is 11.8 Å². The van der Waals surface area contributed by atoms with Gasteiger partial charge in [0.25, 0.3) is 0 Å². The van der Waals surface area contributed by atoms with Crippen molar-refractivity contribution in [3.05, 3.63) is 57.4 Å². The van der Waals surface area contributed by atoms with Crippen molar-refractivity contribution >= 4 is 45.2 Å². The summed E-state index contributed by atoms with van der Waals surface area (Å²) in [4.78, 5) is 4.53. The predicted octanol–water partition coefficient (Wildman–Crippen LogP) is 4.24. The van der Waals surface area contributed by atoms with Gasteiger partial charge in [-0.05, 0) is 59.0 Å². The summed E-state index contributed by atoms with van der Waals surface area (Å²) in [6, 6.07) is 15.7. The molecule has 3 rings (SSSR count). The van der Waals surface area contributed by atoms with E-state index in [4.69, 9.17) is 16.9 Å². The number of rotatable bonds is 2. The average molecular weight is 394 g/mol. The third kappa shape index (κ3) is 2.28. The lowest BCUT2D eigenvalue weighted by Gasteiger charge is -2.08. The SMILES string of the molecule is N#Cc1ccc2nc(CCl)n(-c3cccc(I)c3)c2c1. The van der Waals surface area contributed by atoms with Crippen molar-refractivity contribution in [2.24, 2.45) is 0 Å². The van der Waals surface area contributed by atoms with Crippen molar-refractivity contribution in [2.45, 2.75) is 5.88 Å². The Bertz CT molecular complexity index is 833. The van der Waals surface area contributed by atoms with E-state index in [1.165, 1.54) is 0 Å². The number of nitriles is 1. The number of hydrogen-bond donors (Lipinski definition) is 0. The summed E-state index contributed by atoms with van der Waals surface area (Å²) in [5, 5.41) is 9.06. The molecular weight excluding hydrogens is 385 g/mol. The number of fused-ring (bicyclic) bond motifs is 1. The van der Waals surface area contributed by atoms with E-state index in [-0.39, 0.29) is 0 Å². The lowest BCUT2D eigenvalue weighted by Crippen LogP contribution is -1.99. The molecule has 0 N–H and O–H groups in total. The molecule has 0 radical (unpaired) electrons. The first-order chi connectivity index (χ1) is 9.72. The Balaban J connectivity index is 2.35. The van der Waals surface area contributed by atoms with Gasteiger partial charge in [-0.2, -0.15) is 5.26 Å². The molecule has 1 aromatic heterocycles. The van der Waals surface area contributed by atoms with Crippen LogP contribution in [0.1, 0.15) is 11.4 Å². The molecule has 5 heteroatoms. The summed E-state index contributed by atoms with van der Waals surface area (Å²) in [5.74, 6) is 1.10. The third-order valence-corrected chi connectivity index (χ3v) is 3.95. The van der Waals surface area contributed by atoms with Crippen molar-refractivity contribution < 1.29 is 0 Å². The lowest BCUT2D eigenvalue weighted by molar-refractivity contribution is 0.981. The van der Waals surface area contributed by atoms with Crippen molar-refractivity contribution in [2.75, 3.05) is 0 Å². The molecule has 0 amide bonds. The zero-order chi connectivity index (χ0) is 14.1. The predicted molar refractivity (Wildman–Crippen MR) is 88.1 cm³/mol. The van der Waals surface area contributed by atoms with Gasteiger partial charge in [-0.3, -0.25) is 4.57 Å². The topological polar surface area (TPSA) is 41.6 Å². The Morgan fingerprint density at radius 1 is 1.25 bits per heavy atom. The monoisotopic (exact) mass is 393 g/mol. The van der Waals surface area contributed by atoms with Gasteiger partial charge in [0.15, 0.2) is 0 Å². The zero-order valence-electron chi connectivity index (χ0n) is 10.3. The average Bonchev–Trinajstić information content (AvgIpc) is 2.84. The molecule has 1 heterocycles. The Morgan fingerprint density at radius 2 is 2.10 bits per heavy atom. The fourth-order valence-corrected chi connectivity index (χ4v) is 2.89. The maximum atomic E-state index is 9.06. The minimum absolute atomic E-state index is 0.321. The lowest BCUT2D eigenvalue weighted by atomic mass is 10.2. The number of imidazole rings is 1. The van der Waals surface area contributed by atoms with E-state index in [0.717, 1.165) is 26.1 Å². The van der Waals surface area contributed by atoms with Gasteiger partial charge in [-0.15, -0.1) is 11.6 Å². The number of benzene rings is 2. The van der Waals surface area contributed by atoms with Crippen LogP contribution in [0.5, 0.6) is 0 Å². The Labute approximate surface area is 134 Å². The number of hydrogen-bond acceptors (Lipinski definition) is 2. The van der Waals surface area contributed by atoms with Gasteiger partial charge in [-0.25, -0.2) is 4.98 Å². The second kappa shape index (κ2) is 5.43. The summed E-state index contributed by atoms with van der Waals surface area (Å²) in [6.07, 6.45) is 0. The van der Waals surface area contributed by atoms with Gasteiger partial charge < -0.3 is 0 Å². The van der Waals surface area contributed by atoms with Crippen LogP contribution in [0.3, 0.4) is 0 Å². The highest BCUT2D eigenvalue weighted by molar-refractivity contribution is 14.1. The standard InChI is InChI=1S/C15H9ClIN3/c16-8-15-19-13-5-4-10(9-18)6-14(13)20(15)12-3-1-2-11(17)7-12/h1-7H,8H2. The van der Waals surface area contributed by atoms with Gasteiger partial charge >= 0.3 is 0 Å². The number of alkyl halides is 1. The Kier molecular flexibility index (Phi) is 3.64. The summed E-state index contributed by atoms with van der Waals surface area (Å²) < 4.78 is 3.14. The Morgan fingerprint density at radius 3 is 2.80 bits per heavy atom. The van der Waals surface area contributed by atoms with Crippen LogP contribution < -0.4 is 0 Å². The molecule has 0 aliphatic rings. The number of aromatic nitrogens is 2. The first-order valence-electron chi connectivity index (χ1n) is 5.96. The summed E-state index contributed by atoms with van der Waals surface area (Å²) in [7, 11) is 0. The van der Waals surface area contributed by atoms with E-state index in [1.807, 2.05) is 34.9 Å². The molecule has 0 spiro atoms. The van der Waals surface area contributed by atoms with Crippen LogP contribution in [0.4, 0.5) is 0 Å². The van der Waals surface area contributed by atoms with E-state index in [0.29, 0.717) is 11.4 Å². The van der Waals surface area contributed by atoms with E-state index in [1.54, 1.807) is 6.07 Å². The largest absolute Gasteiger partial charge is 0.295 e. The van der Waals surface area contributed by atoms with Crippen LogP contribution in [0.25, 0.3) is 16.7 Å². The van der Waals surface area contributed by atoms with E-state index >= 15 is 0 Å². The first kappa shape index (κ1) is 13.4. The highest BCUT2D eigenvalue weighted by Gasteiger charge is 2.12. The van der Waals surface area contributed by atoms with E-state index < -0.39 is 0 Å². The van der Waals surface area contributed by atoms with Crippen molar-refractivity contribution in [1.29, 1.82) is 5.26 Å². The first-order valence-corrected chi connectivity index (χ1v) is 7.57. The van der Waals surface area contributed by atoms with E-state index in [2.05, 4.69) is 39.7 Å². The molecule has 2 aromatic carbocycles. The molecule has 0 saturated heterocycles. The molecule has 20 heavy (non-hydrogen) atoms. The normalized spacial score (nSPS) is 10.7. The van der Waals surface area contributed by atoms with Gasteiger partial charge in [0.1, 0.15) is 5.82 Å². The molecule has 3 aromatic rings. The second-order valence-corrected chi connectivity index (χ2v) is 5.81. The Hall–Kier alpha value is -1.58. The zero-order valence-corrected chi connectivity index (χ0v) is 13.3. The molecule has 0 fully saturated rings. The molecule has 0 aliphatic carbocycles. The maximum absolute atomic E-state index is 9.06. The fraction of sp³-hybridized carbons (Fsp3) is 0.0667. The number of nitrogens with zero attached hydrogens (tertiary/aromatic N) is 3. The fourth-order valence-electron chi connectivity index (χ4n) is 2.19. The highest BCUT2D eigenvalue weighted by Crippen LogP contribution is 2.24. The molecule has 0 bridgehead atoms. The quantitative estimate of drug-likeness (QED) is 0.483. The van der Waals surface area contributed by atoms with Crippen LogP contribution in [0.2, 0.25) is 0 Å². The molecule has 0 saturated carbocycles. The van der Waals surface area contributed by atoms with E-state index in [9.17, 15) is 0 Å². The summed E-state index contributed by atoms with van der Waals surface area (Å²) in [5.41, 5.74) is 3.37. The molecular formula is C15H9ClIN3. The summed E-state index contributed by atoms with van der Waals surface area (Å²) >= 11 is 8.29. The van der Waals surface area contributed by atoms with Crippen LogP contribution in [-0.4, -0.2) is 9.55 Å². The minimum Gasteiger partial charge on any atom is -0.295 e. The van der Waals surface area contributed by atoms with Crippen LogP contribution >= 0.6 is 34.2 Å². The van der Waals surface area contributed by atoms with Gasteiger partial charge in [0.05, 0.1) is 28.5 Å². The third-order valence-electron chi connectivity index (χ3n) is 3.04. The molecule has 0 aliphatic heterocycles. The van der Waals surface area contributed by atoms with Crippen LogP contribution in [-0.2, 0) is 5.88 Å². The maximum Gasteiger partial charge on any atom is 0.129 e. The number of halogens is 2. The smallest absolute Gasteiger partial charge is 0.129 e. The molecule has 0 unspecified atom stereocenters. The van der Waals surface area contributed by atoms with Gasteiger partial charge in [0, 0.05) is 9.26 Å². The second-order valence-electron chi connectivity index (χ2n) is 4.29. The molecule has 3 nitrogen and oxygen atoms in total.